The number of fused-ring (bicyclic) bond motifs is 1. The second kappa shape index (κ2) is 11.9. The molecule has 0 aliphatic heterocycles. The predicted molar refractivity (Wildman–Crippen MR) is 143 cm³/mol. The van der Waals surface area contributed by atoms with E-state index >= 15 is 0 Å². The first-order valence-electron chi connectivity index (χ1n) is 11.5. The van der Waals surface area contributed by atoms with Gasteiger partial charge in [0.15, 0.2) is 5.78 Å². The molecule has 0 spiro atoms. The zero-order valence-corrected chi connectivity index (χ0v) is 22.0. The van der Waals surface area contributed by atoms with Gasteiger partial charge in [-0.1, -0.05) is 13.8 Å². The van der Waals surface area contributed by atoms with E-state index in [1.54, 1.807) is 32.4 Å². The third-order valence-electron chi connectivity index (χ3n) is 5.66. The summed E-state index contributed by atoms with van der Waals surface area (Å²) < 4.78 is 38.8. The van der Waals surface area contributed by atoms with Gasteiger partial charge in [-0.25, -0.2) is 8.78 Å². The van der Waals surface area contributed by atoms with Crippen LogP contribution in [0.3, 0.4) is 0 Å². The molecule has 0 bridgehead atoms. The van der Waals surface area contributed by atoms with Crippen LogP contribution in [0.4, 0.5) is 14.5 Å². The van der Waals surface area contributed by atoms with E-state index in [4.69, 9.17) is 9.47 Å². The highest BCUT2D eigenvalue weighted by Crippen LogP contribution is 2.35. The van der Waals surface area contributed by atoms with Gasteiger partial charge in [-0.2, -0.15) is 0 Å². The number of anilines is 1. The van der Waals surface area contributed by atoms with Crippen LogP contribution in [0.5, 0.6) is 11.5 Å². The van der Waals surface area contributed by atoms with Crippen LogP contribution in [0, 0.1) is 18.6 Å². The van der Waals surface area contributed by atoms with E-state index < -0.39 is 11.9 Å². The summed E-state index contributed by atoms with van der Waals surface area (Å²) >= 11 is 1.54. The lowest BCUT2D eigenvalue weighted by Gasteiger charge is -2.22. The fourth-order valence-electron chi connectivity index (χ4n) is 3.88. The molecule has 8 heteroatoms. The molecule has 0 radical (unpaired) electrons. The molecule has 1 unspecified atom stereocenters. The van der Waals surface area contributed by atoms with Crippen molar-refractivity contribution in [2.75, 3.05) is 25.8 Å². The number of halogens is 2. The number of ketones is 1. The number of carbonyl (C=O) groups is 1. The molecular weight excluding hydrogens is 482 g/mol. The highest BCUT2D eigenvalue weighted by atomic mass is 32.2. The van der Waals surface area contributed by atoms with Crippen molar-refractivity contribution in [3.63, 3.8) is 0 Å². The number of hydrogen-bond acceptors (Lipinski definition) is 5. The lowest BCUT2D eigenvalue weighted by Crippen LogP contribution is -2.22. The topological polar surface area (TPSA) is 63.3 Å². The van der Waals surface area contributed by atoms with Gasteiger partial charge in [-0.05, 0) is 55.1 Å². The Morgan fingerprint density at radius 1 is 1.03 bits per heavy atom. The van der Waals surface area contributed by atoms with Crippen LogP contribution >= 0.6 is 11.8 Å². The normalized spacial score (nSPS) is 11.4. The average molecular weight is 513 g/mol. The van der Waals surface area contributed by atoms with E-state index in [-0.39, 0.29) is 17.3 Å². The van der Waals surface area contributed by atoms with E-state index in [9.17, 15) is 13.6 Å². The number of benzene rings is 3. The van der Waals surface area contributed by atoms with Crippen molar-refractivity contribution in [3.8, 4) is 11.5 Å². The van der Waals surface area contributed by atoms with Gasteiger partial charge >= 0.3 is 0 Å². The van der Waals surface area contributed by atoms with E-state index in [1.807, 2.05) is 32.2 Å². The Labute approximate surface area is 214 Å². The van der Waals surface area contributed by atoms with Crippen molar-refractivity contribution in [2.45, 2.75) is 31.7 Å². The molecule has 1 atom stereocenters. The van der Waals surface area contributed by atoms with Gasteiger partial charge in [0.05, 0.1) is 14.2 Å². The fourth-order valence-corrected chi connectivity index (χ4v) is 4.36. The van der Waals surface area contributed by atoms with Crippen molar-refractivity contribution in [1.82, 2.24) is 4.98 Å². The summed E-state index contributed by atoms with van der Waals surface area (Å²) in [4.78, 5) is 17.8. The van der Waals surface area contributed by atoms with Gasteiger partial charge in [0.25, 0.3) is 0 Å². The van der Waals surface area contributed by atoms with Gasteiger partial charge in [0.1, 0.15) is 29.2 Å². The molecule has 1 aromatic heterocycles. The van der Waals surface area contributed by atoms with Crippen LogP contribution in [0.2, 0.25) is 0 Å². The third kappa shape index (κ3) is 5.65. The Morgan fingerprint density at radius 2 is 1.78 bits per heavy atom. The number of aromatic amines is 1. The number of hydrogen-bond donors (Lipinski definition) is 2. The number of ether oxygens (including phenoxy) is 2. The summed E-state index contributed by atoms with van der Waals surface area (Å²) in [5.74, 6) is -0.248. The minimum Gasteiger partial charge on any atom is -0.497 e. The molecule has 0 saturated carbocycles. The van der Waals surface area contributed by atoms with Crippen LogP contribution in [-0.2, 0) is 0 Å². The molecular formula is C28H30F2N2O3S. The van der Waals surface area contributed by atoms with Crippen molar-refractivity contribution in [1.29, 1.82) is 0 Å². The maximum atomic E-state index is 14.1. The molecule has 4 aromatic rings. The van der Waals surface area contributed by atoms with Gasteiger partial charge in [0.2, 0.25) is 0 Å². The van der Waals surface area contributed by atoms with Crippen molar-refractivity contribution < 1.29 is 23.0 Å². The van der Waals surface area contributed by atoms with Crippen molar-refractivity contribution >= 4 is 34.1 Å². The molecule has 0 aliphatic carbocycles. The monoisotopic (exact) mass is 512 g/mol. The third-order valence-corrected chi connectivity index (χ3v) is 6.36. The van der Waals surface area contributed by atoms with Gasteiger partial charge < -0.3 is 19.8 Å². The fraction of sp³-hybridized carbons (Fsp3) is 0.250. The summed E-state index contributed by atoms with van der Waals surface area (Å²) in [7, 11) is 3.00. The van der Waals surface area contributed by atoms with E-state index in [2.05, 4.69) is 10.3 Å². The van der Waals surface area contributed by atoms with Gasteiger partial charge in [0, 0.05) is 50.9 Å². The zero-order chi connectivity index (χ0) is 26.4. The Bertz CT molecular complexity index is 1350. The molecule has 2 N–H and O–H groups in total. The first kappa shape index (κ1) is 27.1. The molecule has 36 heavy (non-hydrogen) atoms. The van der Waals surface area contributed by atoms with E-state index in [1.165, 1.54) is 43.1 Å². The molecule has 0 amide bonds. The number of rotatable bonds is 8. The van der Waals surface area contributed by atoms with E-state index in [0.29, 0.717) is 39.0 Å². The minimum absolute atomic E-state index is 0.237. The highest BCUT2D eigenvalue weighted by Gasteiger charge is 2.28. The highest BCUT2D eigenvalue weighted by molar-refractivity contribution is 7.98. The summed E-state index contributed by atoms with van der Waals surface area (Å²) in [6, 6.07) is 11.7. The van der Waals surface area contributed by atoms with Crippen LogP contribution in [-0.4, -0.2) is 31.2 Å². The first-order chi connectivity index (χ1) is 17.3. The molecule has 1 heterocycles. The quantitative estimate of drug-likeness (QED) is 0.188. The van der Waals surface area contributed by atoms with Crippen LogP contribution < -0.4 is 14.8 Å². The number of carbonyl (C=O) groups excluding carboxylic acids is 1. The molecule has 0 fully saturated rings. The summed E-state index contributed by atoms with van der Waals surface area (Å²) in [5.41, 5.74) is 2.45. The van der Waals surface area contributed by atoms with Crippen LogP contribution in [0.15, 0.2) is 59.6 Å². The SMILES string of the molecule is CC.COc1cc(NC(C(=O)c2c[nH]c3cc(F)c(C)cc23)c2ccc(F)cc2OC)cc(SC)c1. The van der Waals surface area contributed by atoms with E-state index in [0.717, 1.165) is 4.90 Å². The number of H-pyrrole nitrogens is 1. The second-order valence-corrected chi connectivity index (χ2v) is 8.66. The number of nitrogens with one attached hydrogen (secondary N) is 2. The minimum atomic E-state index is -0.915. The Balaban J connectivity index is 0.00000176. The van der Waals surface area contributed by atoms with Gasteiger partial charge in [-0.15, -0.1) is 11.8 Å². The number of aryl methyl sites for hydroxylation is 1. The maximum Gasteiger partial charge on any atom is 0.191 e. The molecule has 190 valence electrons. The Hall–Kier alpha value is -3.52. The smallest absolute Gasteiger partial charge is 0.191 e. The van der Waals surface area contributed by atoms with Crippen molar-refractivity contribution in [2.24, 2.45) is 0 Å². The summed E-state index contributed by atoms with van der Waals surface area (Å²) in [5, 5.41) is 3.89. The lowest BCUT2D eigenvalue weighted by atomic mass is 9.95. The standard InChI is InChI=1S/C26H24F2N2O3S.C2H6/c1-14-7-20-21(13-29-23(20)12-22(14)28)26(31)25(19-6-5-15(27)8-24(19)33-3)30-16-9-17(32-2)11-18(10-16)34-4;1-2/h5-13,25,29-30H,1-4H3;1-2H3. The lowest BCUT2D eigenvalue weighted by molar-refractivity contribution is 0.0970. The molecule has 4 rings (SSSR count). The Kier molecular flexibility index (Phi) is 8.98. The molecule has 3 aromatic carbocycles. The first-order valence-corrected chi connectivity index (χ1v) is 12.7. The summed E-state index contributed by atoms with van der Waals surface area (Å²) in [6.07, 6.45) is 3.51. The largest absolute Gasteiger partial charge is 0.497 e. The second-order valence-electron chi connectivity index (χ2n) is 7.78. The Morgan fingerprint density at radius 3 is 2.44 bits per heavy atom. The maximum absolute atomic E-state index is 14.1. The number of aromatic nitrogens is 1. The van der Waals surface area contributed by atoms with Crippen molar-refractivity contribution in [3.05, 3.63) is 83.1 Å². The molecule has 0 aliphatic rings. The van der Waals surface area contributed by atoms with Crippen LogP contribution in [0.25, 0.3) is 10.9 Å². The van der Waals surface area contributed by atoms with Crippen LogP contribution in [0.1, 0.15) is 41.4 Å². The number of methoxy groups -OCH3 is 2. The molecule has 0 saturated heterocycles. The predicted octanol–water partition coefficient (Wildman–Crippen LogP) is 7.56. The zero-order valence-electron chi connectivity index (χ0n) is 21.2. The summed E-state index contributed by atoms with van der Waals surface area (Å²) in [6.45, 7) is 5.65. The number of Topliss-reactive ketones (excluding diaryl/α,β-unsaturated/α-hetero) is 1. The molecule has 5 nitrogen and oxygen atoms in total. The number of thioether (sulfide) groups is 1. The average Bonchev–Trinajstić information content (AvgIpc) is 3.30. The van der Waals surface area contributed by atoms with Gasteiger partial charge in [-0.3, -0.25) is 4.79 Å².